The Morgan fingerprint density at radius 3 is 1.85 bits per heavy atom. The van der Waals surface area contributed by atoms with Gasteiger partial charge >= 0.3 is 0 Å². The molecule has 0 fully saturated rings. The number of unbranched alkanes of at least 4 members (excludes halogenated alkanes) is 7. The SMILES string of the molecule is CCCCCCCCCCc1ccc2cc(-c3cc4sc5cc6cc(CC)ccc6cc5c4cc3C)c(C)cc2c1. The van der Waals surface area contributed by atoms with Crippen LogP contribution in [0, 0.1) is 13.8 Å². The predicted molar refractivity (Wildman–Crippen MR) is 185 cm³/mol. The first-order chi connectivity index (χ1) is 20.0. The summed E-state index contributed by atoms with van der Waals surface area (Å²) in [4.78, 5) is 0. The number of fused-ring (bicyclic) bond motifs is 5. The molecule has 0 N–H and O–H groups in total. The van der Waals surface area contributed by atoms with Crippen LogP contribution in [-0.4, -0.2) is 0 Å². The summed E-state index contributed by atoms with van der Waals surface area (Å²) in [5.74, 6) is 0. The third-order valence-electron chi connectivity index (χ3n) is 9.11. The normalized spacial score (nSPS) is 11.9. The van der Waals surface area contributed by atoms with Crippen LogP contribution < -0.4 is 0 Å². The minimum atomic E-state index is 1.08. The molecule has 41 heavy (non-hydrogen) atoms. The Bertz CT molecular complexity index is 1830. The van der Waals surface area contributed by atoms with Gasteiger partial charge in [0.25, 0.3) is 0 Å². The van der Waals surface area contributed by atoms with Gasteiger partial charge in [0.1, 0.15) is 0 Å². The molecule has 0 saturated carbocycles. The van der Waals surface area contributed by atoms with Gasteiger partial charge in [0, 0.05) is 20.2 Å². The zero-order valence-corrected chi connectivity index (χ0v) is 26.2. The summed E-state index contributed by atoms with van der Waals surface area (Å²) in [6.07, 6.45) is 13.3. The van der Waals surface area contributed by atoms with E-state index in [9.17, 15) is 0 Å². The molecule has 5 aromatic carbocycles. The highest BCUT2D eigenvalue weighted by Crippen LogP contribution is 2.41. The minimum absolute atomic E-state index is 1.08. The second kappa shape index (κ2) is 12.4. The van der Waals surface area contributed by atoms with E-state index in [0.29, 0.717) is 0 Å². The zero-order chi connectivity index (χ0) is 28.3. The van der Waals surface area contributed by atoms with Crippen molar-refractivity contribution in [2.45, 2.75) is 91.9 Å². The van der Waals surface area contributed by atoms with E-state index in [1.54, 1.807) is 0 Å². The van der Waals surface area contributed by atoms with Crippen molar-refractivity contribution in [1.29, 1.82) is 0 Å². The Morgan fingerprint density at radius 2 is 1.07 bits per heavy atom. The van der Waals surface area contributed by atoms with Crippen LogP contribution in [0.5, 0.6) is 0 Å². The zero-order valence-electron chi connectivity index (χ0n) is 25.4. The highest BCUT2D eigenvalue weighted by atomic mass is 32.1. The monoisotopic (exact) mass is 556 g/mol. The number of benzene rings is 5. The fourth-order valence-corrected chi connectivity index (χ4v) is 7.76. The fraction of sp³-hybridized carbons (Fsp3) is 0.350. The average molecular weight is 557 g/mol. The summed E-state index contributed by atoms with van der Waals surface area (Å²) in [7, 11) is 0. The lowest BCUT2D eigenvalue weighted by molar-refractivity contribution is 0.575. The van der Waals surface area contributed by atoms with E-state index in [2.05, 4.69) is 100 Å². The van der Waals surface area contributed by atoms with Gasteiger partial charge in [-0.3, -0.25) is 0 Å². The first-order valence-corrected chi connectivity index (χ1v) is 16.8. The largest absolute Gasteiger partial charge is 0.135 e. The Kier molecular flexibility index (Phi) is 8.45. The standard InChI is InChI=1S/C40H44S/c1-5-7-8-9-10-11-12-13-14-30-16-18-31-23-35(27(3)19-33(31)22-30)36-26-40-37(20-28(36)4)38-24-32-17-15-29(6-2)21-34(32)25-39(38)41-40/h15-26H,5-14H2,1-4H3. The van der Waals surface area contributed by atoms with Crippen molar-refractivity contribution in [1.82, 2.24) is 0 Å². The maximum atomic E-state index is 2.45. The summed E-state index contributed by atoms with van der Waals surface area (Å²) in [6.45, 7) is 9.09. The molecule has 0 nitrogen and oxygen atoms in total. The molecule has 0 atom stereocenters. The van der Waals surface area contributed by atoms with Crippen LogP contribution >= 0.6 is 11.3 Å². The fourth-order valence-electron chi connectivity index (χ4n) is 6.60. The Labute approximate surface area is 250 Å². The van der Waals surface area contributed by atoms with Crippen molar-refractivity contribution in [2.24, 2.45) is 0 Å². The van der Waals surface area contributed by atoms with Crippen LogP contribution in [0.1, 0.15) is 87.5 Å². The summed E-state index contributed by atoms with van der Waals surface area (Å²) < 4.78 is 2.77. The molecule has 1 heterocycles. The predicted octanol–water partition coefficient (Wildman–Crippen LogP) is 12.9. The number of hydrogen-bond acceptors (Lipinski definition) is 1. The lowest BCUT2D eigenvalue weighted by Crippen LogP contribution is -1.90. The lowest BCUT2D eigenvalue weighted by atomic mass is 9.91. The molecule has 0 radical (unpaired) electrons. The van der Waals surface area contributed by atoms with Gasteiger partial charge in [0.05, 0.1) is 0 Å². The molecule has 210 valence electrons. The second-order valence-electron chi connectivity index (χ2n) is 12.2. The van der Waals surface area contributed by atoms with Gasteiger partial charge in [-0.1, -0.05) is 101 Å². The third kappa shape index (κ3) is 5.93. The van der Waals surface area contributed by atoms with Crippen LogP contribution in [0.15, 0.2) is 72.8 Å². The summed E-state index contributed by atoms with van der Waals surface area (Å²) in [5.41, 5.74) is 8.34. The van der Waals surface area contributed by atoms with E-state index >= 15 is 0 Å². The first kappa shape index (κ1) is 28.0. The lowest BCUT2D eigenvalue weighted by Gasteiger charge is -2.13. The maximum Gasteiger partial charge on any atom is 0.0361 e. The van der Waals surface area contributed by atoms with Crippen molar-refractivity contribution < 1.29 is 0 Å². The third-order valence-corrected chi connectivity index (χ3v) is 10.2. The number of thiophene rings is 1. The first-order valence-electron chi connectivity index (χ1n) is 16.0. The van der Waals surface area contributed by atoms with E-state index in [0.717, 1.165) is 6.42 Å². The van der Waals surface area contributed by atoms with Crippen molar-refractivity contribution in [3.63, 3.8) is 0 Å². The van der Waals surface area contributed by atoms with Crippen LogP contribution in [0.25, 0.3) is 52.8 Å². The van der Waals surface area contributed by atoms with Crippen molar-refractivity contribution in [3.8, 4) is 11.1 Å². The topological polar surface area (TPSA) is 0 Å². The van der Waals surface area contributed by atoms with Gasteiger partial charge in [0.2, 0.25) is 0 Å². The molecular weight excluding hydrogens is 513 g/mol. The van der Waals surface area contributed by atoms with E-state index in [4.69, 9.17) is 0 Å². The van der Waals surface area contributed by atoms with Crippen molar-refractivity contribution in [3.05, 3.63) is 95.1 Å². The Hall–Kier alpha value is -3.16. The molecule has 0 spiro atoms. The quantitative estimate of drug-likeness (QED) is 0.139. The molecule has 0 amide bonds. The van der Waals surface area contributed by atoms with Gasteiger partial charge in [-0.15, -0.1) is 11.3 Å². The van der Waals surface area contributed by atoms with Gasteiger partial charge < -0.3 is 0 Å². The van der Waals surface area contributed by atoms with Crippen LogP contribution in [0.4, 0.5) is 0 Å². The summed E-state index contributed by atoms with van der Waals surface area (Å²) in [6, 6.07) is 28.6. The van der Waals surface area contributed by atoms with E-state index in [1.807, 2.05) is 11.3 Å². The highest BCUT2D eigenvalue weighted by molar-refractivity contribution is 7.25. The van der Waals surface area contributed by atoms with E-state index in [1.165, 1.54) is 133 Å². The second-order valence-corrected chi connectivity index (χ2v) is 13.3. The summed E-state index contributed by atoms with van der Waals surface area (Å²) in [5, 5.41) is 8.18. The molecule has 1 aromatic heterocycles. The molecule has 0 aliphatic carbocycles. The molecule has 0 aliphatic rings. The van der Waals surface area contributed by atoms with Crippen LogP contribution in [0.3, 0.4) is 0 Å². The molecule has 0 unspecified atom stereocenters. The molecule has 1 heteroatoms. The number of rotatable bonds is 11. The molecule has 6 aromatic rings. The van der Waals surface area contributed by atoms with Crippen LogP contribution in [-0.2, 0) is 12.8 Å². The maximum absolute atomic E-state index is 2.45. The van der Waals surface area contributed by atoms with Gasteiger partial charge in [-0.05, 0) is 118 Å². The number of hydrogen-bond donors (Lipinski definition) is 0. The highest BCUT2D eigenvalue weighted by Gasteiger charge is 2.13. The molecule has 0 aliphatic heterocycles. The van der Waals surface area contributed by atoms with E-state index in [-0.39, 0.29) is 0 Å². The van der Waals surface area contributed by atoms with E-state index < -0.39 is 0 Å². The van der Waals surface area contributed by atoms with Gasteiger partial charge in [0.15, 0.2) is 0 Å². The number of aryl methyl sites for hydroxylation is 4. The average Bonchev–Trinajstić information content (AvgIpc) is 3.32. The van der Waals surface area contributed by atoms with Crippen molar-refractivity contribution in [2.75, 3.05) is 0 Å². The Balaban J connectivity index is 1.25. The molecule has 6 rings (SSSR count). The molecular formula is C40H44S. The van der Waals surface area contributed by atoms with Crippen molar-refractivity contribution >= 4 is 53.1 Å². The molecule has 0 saturated heterocycles. The smallest absolute Gasteiger partial charge is 0.0361 e. The molecule has 0 bridgehead atoms. The summed E-state index contributed by atoms with van der Waals surface area (Å²) >= 11 is 1.93. The Morgan fingerprint density at radius 1 is 0.488 bits per heavy atom. The van der Waals surface area contributed by atoms with Crippen LogP contribution in [0.2, 0.25) is 0 Å². The van der Waals surface area contributed by atoms with Gasteiger partial charge in [-0.25, -0.2) is 0 Å². The van der Waals surface area contributed by atoms with Gasteiger partial charge in [-0.2, -0.15) is 0 Å². The minimum Gasteiger partial charge on any atom is -0.135 e.